The fraction of sp³-hybridized carbons (Fsp3) is 0.0526. The maximum Gasteiger partial charge on any atom is 0.283 e. The number of aromatic amines is 1. The molecule has 0 bridgehead atoms. The van der Waals surface area contributed by atoms with Gasteiger partial charge >= 0.3 is 0 Å². The van der Waals surface area contributed by atoms with Crippen LogP contribution in [0.5, 0.6) is 0 Å². The zero-order valence-electron chi connectivity index (χ0n) is 12.9. The number of carbonyl (C=O) groups excluding carboxylic acids is 1. The lowest BCUT2D eigenvalue weighted by molar-refractivity contribution is 0.0967. The van der Waals surface area contributed by atoms with Crippen molar-refractivity contribution in [3.05, 3.63) is 93.9 Å². The molecule has 0 saturated carbocycles. The van der Waals surface area contributed by atoms with E-state index < -0.39 is 11.5 Å². The topological polar surface area (TPSA) is 90.1 Å². The number of hydrogen-bond acceptors (Lipinski definition) is 3. The molecule has 0 saturated heterocycles. The first-order valence-corrected chi connectivity index (χ1v) is 7.49. The first-order valence-electron chi connectivity index (χ1n) is 7.49. The lowest BCUT2D eigenvalue weighted by Gasteiger charge is -2.05. The Labute approximate surface area is 139 Å². The van der Waals surface area contributed by atoms with Crippen LogP contribution in [0, 0.1) is 0 Å². The van der Waals surface area contributed by atoms with Gasteiger partial charge in [-0.05, 0) is 35.9 Å². The van der Waals surface area contributed by atoms with Crippen LogP contribution in [0.3, 0.4) is 0 Å². The molecule has 5 nitrogen and oxygen atoms in total. The maximum absolute atomic E-state index is 12.2. The predicted molar refractivity (Wildman–Crippen MR) is 93.3 cm³/mol. The highest BCUT2D eigenvalue weighted by Gasteiger charge is 2.13. The van der Waals surface area contributed by atoms with E-state index in [0.29, 0.717) is 17.8 Å². The van der Waals surface area contributed by atoms with Gasteiger partial charge in [-0.3, -0.25) is 9.59 Å². The number of nitrogens with two attached hydrogens (primary N) is 1. The average molecular weight is 318 g/mol. The molecular weight excluding hydrogens is 302 g/mol. The molecule has 0 spiro atoms. The van der Waals surface area contributed by atoms with Crippen molar-refractivity contribution in [2.24, 2.45) is 0 Å². The highest BCUT2D eigenvalue weighted by atomic mass is 16.2. The van der Waals surface area contributed by atoms with Crippen LogP contribution in [0.2, 0.25) is 0 Å². The summed E-state index contributed by atoms with van der Waals surface area (Å²) in [5, 5.41) is 3.93. The summed E-state index contributed by atoms with van der Waals surface area (Å²) >= 11 is 0. The smallest absolute Gasteiger partial charge is 0.283 e. The number of rotatable bonds is 4. The summed E-state index contributed by atoms with van der Waals surface area (Å²) in [5.74, 6) is -0.590. The van der Waals surface area contributed by atoms with Gasteiger partial charge in [0.1, 0.15) is 5.56 Å². The molecule has 3 aromatic rings. The summed E-state index contributed by atoms with van der Waals surface area (Å²) in [6, 6.07) is 19.7. The van der Waals surface area contributed by atoms with Crippen LogP contribution in [0.1, 0.15) is 21.6 Å². The van der Waals surface area contributed by atoms with Crippen LogP contribution in [0.25, 0.3) is 0 Å². The second-order valence-electron chi connectivity index (χ2n) is 5.40. The molecule has 0 atom stereocenters. The van der Waals surface area contributed by atoms with E-state index in [2.05, 4.69) is 10.3 Å². The standard InChI is InChI=1S/C19H16N3O2/c20-14-7-4-8-15(12-14)21-18(23)17-10-9-16(22-19(17)24)11-13-5-2-1-3-6-13/h1-10,12H,11,20H2,(H,22,24). The third-order valence-corrected chi connectivity index (χ3v) is 3.54. The van der Waals surface area contributed by atoms with Crippen molar-refractivity contribution in [3.8, 4) is 0 Å². The van der Waals surface area contributed by atoms with Gasteiger partial charge in [-0.15, -0.1) is 0 Å². The molecule has 119 valence electrons. The first kappa shape index (κ1) is 15.6. The summed E-state index contributed by atoms with van der Waals surface area (Å²) < 4.78 is 0. The molecule has 5 heteroatoms. The molecule has 0 unspecified atom stereocenters. The molecule has 0 aliphatic rings. The Hall–Kier alpha value is -3.34. The number of amides is 1. The Balaban J connectivity index is 1.77. The van der Waals surface area contributed by atoms with Crippen molar-refractivity contribution in [2.45, 2.75) is 6.42 Å². The number of hydrogen-bond donors (Lipinski definition) is 2. The summed E-state index contributed by atoms with van der Waals surface area (Å²) in [4.78, 5) is 27.1. The van der Waals surface area contributed by atoms with E-state index in [9.17, 15) is 9.59 Å². The molecule has 0 fully saturated rings. The quantitative estimate of drug-likeness (QED) is 0.725. The van der Waals surface area contributed by atoms with E-state index in [1.54, 1.807) is 30.3 Å². The third-order valence-electron chi connectivity index (χ3n) is 3.54. The molecule has 3 rings (SSSR count). The fourth-order valence-corrected chi connectivity index (χ4v) is 2.37. The van der Waals surface area contributed by atoms with Crippen molar-refractivity contribution in [2.75, 3.05) is 5.73 Å². The van der Waals surface area contributed by atoms with Crippen LogP contribution in [0.15, 0.2) is 71.5 Å². The molecule has 1 amide bonds. The van der Waals surface area contributed by atoms with E-state index in [1.807, 2.05) is 30.3 Å². The second-order valence-corrected chi connectivity index (χ2v) is 5.40. The van der Waals surface area contributed by atoms with Crippen LogP contribution in [-0.4, -0.2) is 10.9 Å². The molecule has 1 radical (unpaired) electrons. The third kappa shape index (κ3) is 3.70. The minimum absolute atomic E-state index is 0.00855. The number of H-pyrrole nitrogens is 1. The van der Waals surface area contributed by atoms with E-state index in [4.69, 9.17) is 5.73 Å². The van der Waals surface area contributed by atoms with E-state index >= 15 is 0 Å². The Morgan fingerprint density at radius 3 is 2.50 bits per heavy atom. The van der Waals surface area contributed by atoms with Crippen LogP contribution < -0.4 is 16.6 Å². The molecule has 0 aliphatic heterocycles. The van der Waals surface area contributed by atoms with Gasteiger partial charge < -0.3 is 10.7 Å². The SMILES string of the molecule is Nc1cccc([N]C(=O)c2ccc(Cc3ccccc3)[nH]c2=O)c1. The second kappa shape index (κ2) is 6.83. The van der Waals surface area contributed by atoms with Gasteiger partial charge in [0, 0.05) is 17.8 Å². The molecule has 1 heterocycles. The minimum atomic E-state index is -0.590. The van der Waals surface area contributed by atoms with E-state index in [1.165, 1.54) is 6.07 Å². The van der Waals surface area contributed by atoms with Gasteiger partial charge in [0.15, 0.2) is 0 Å². The summed E-state index contributed by atoms with van der Waals surface area (Å²) in [7, 11) is 0. The van der Waals surface area contributed by atoms with Crippen LogP contribution in [-0.2, 0) is 6.42 Å². The highest BCUT2D eigenvalue weighted by Crippen LogP contribution is 2.13. The predicted octanol–water partition coefficient (Wildman–Crippen LogP) is 2.62. The number of aromatic nitrogens is 1. The normalized spacial score (nSPS) is 10.3. The Morgan fingerprint density at radius 2 is 1.79 bits per heavy atom. The summed E-state index contributed by atoms with van der Waals surface area (Å²) in [6.45, 7) is 0. The summed E-state index contributed by atoms with van der Waals surface area (Å²) in [6.07, 6.45) is 0.594. The van der Waals surface area contributed by atoms with Crippen molar-refractivity contribution in [1.82, 2.24) is 10.3 Å². The monoisotopic (exact) mass is 318 g/mol. The Kier molecular flexibility index (Phi) is 4.43. The molecule has 24 heavy (non-hydrogen) atoms. The largest absolute Gasteiger partial charge is 0.399 e. The number of nitrogens with zero attached hydrogens (tertiary/aromatic N) is 1. The van der Waals surface area contributed by atoms with Crippen LogP contribution in [0.4, 0.5) is 11.4 Å². The first-order chi connectivity index (χ1) is 11.6. The zero-order chi connectivity index (χ0) is 16.9. The van der Waals surface area contributed by atoms with Gasteiger partial charge in [0.05, 0.1) is 5.69 Å². The van der Waals surface area contributed by atoms with Gasteiger partial charge in [-0.2, -0.15) is 0 Å². The summed E-state index contributed by atoms with van der Waals surface area (Å²) in [5.41, 5.74) is 7.98. The molecule has 1 aromatic heterocycles. The molecular formula is C19H16N3O2. The van der Waals surface area contributed by atoms with Crippen molar-refractivity contribution in [1.29, 1.82) is 0 Å². The molecule has 3 N–H and O–H groups in total. The van der Waals surface area contributed by atoms with E-state index in [0.717, 1.165) is 11.3 Å². The number of benzene rings is 2. The maximum atomic E-state index is 12.2. The van der Waals surface area contributed by atoms with Gasteiger partial charge in [-0.25, -0.2) is 5.32 Å². The molecule has 0 aliphatic carbocycles. The minimum Gasteiger partial charge on any atom is -0.399 e. The lowest BCUT2D eigenvalue weighted by Crippen LogP contribution is -2.23. The number of carbonyl (C=O) groups is 1. The van der Waals surface area contributed by atoms with E-state index in [-0.39, 0.29) is 5.56 Å². The van der Waals surface area contributed by atoms with Crippen molar-refractivity contribution >= 4 is 17.3 Å². The highest BCUT2D eigenvalue weighted by molar-refractivity contribution is 5.96. The van der Waals surface area contributed by atoms with Crippen LogP contribution >= 0.6 is 0 Å². The fourth-order valence-electron chi connectivity index (χ4n) is 2.37. The number of anilines is 1. The Morgan fingerprint density at radius 1 is 1.00 bits per heavy atom. The average Bonchev–Trinajstić information content (AvgIpc) is 2.56. The number of pyridine rings is 1. The van der Waals surface area contributed by atoms with Gasteiger partial charge in [-0.1, -0.05) is 36.4 Å². The van der Waals surface area contributed by atoms with Gasteiger partial charge in [0.25, 0.3) is 11.5 Å². The number of nitrogen functional groups attached to an aromatic ring is 1. The Bertz CT molecular complexity index is 917. The molecule has 2 aromatic carbocycles. The number of nitrogens with one attached hydrogen (secondary N) is 1. The van der Waals surface area contributed by atoms with Crippen molar-refractivity contribution in [3.63, 3.8) is 0 Å². The zero-order valence-corrected chi connectivity index (χ0v) is 12.9. The van der Waals surface area contributed by atoms with Crippen molar-refractivity contribution < 1.29 is 4.79 Å². The lowest BCUT2D eigenvalue weighted by atomic mass is 10.1. The van der Waals surface area contributed by atoms with Gasteiger partial charge in [0.2, 0.25) is 0 Å².